The second-order valence-corrected chi connectivity index (χ2v) is 12.1. The Hall–Kier alpha value is -5.44. The maximum atomic E-state index is 11.3. The van der Waals surface area contributed by atoms with Gasteiger partial charge >= 0.3 is 11.9 Å². The number of methoxy groups -OCH3 is 2. The molecule has 0 heterocycles. The Bertz CT molecular complexity index is 1690. The van der Waals surface area contributed by atoms with Crippen molar-refractivity contribution in [3.8, 4) is 34.5 Å². The third-order valence-corrected chi connectivity index (χ3v) is 7.30. The van der Waals surface area contributed by atoms with Crippen LogP contribution in [-0.4, -0.2) is 88.3 Å². The number of carbonyl (C=O) groups is 6. The number of carboxylic acid groups (broad SMARTS) is 2. The van der Waals surface area contributed by atoms with Gasteiger partial charge in [0.05, 0.1) is 44.1 Å². The van der Waals surface area contributed by atoms with Gasteiger partial charge in [-0.1, -0.05) is 15.9 Å². The lowest BCUT2D eigenvalue weighted by Crippen LogP contribution is -2.03. The number of ether oxygens (including phenoxy) is 4. The van der Waals surface area contributed by atoms with Gasteiger partial charge in [0.2, 0.25) is 0 Å². The van der Waals surface area contributed by atoms with Crippen molar-refractivity contribution < 1.29 is 68.1 Å². The van der Waals surface area contributed by atoms with Crippen molar-refractivity contribution in [2.45, 2.75) is 66.2 Å². The second-order valence-electron chi connectivity index (χ2n) is 11.3. The summed E-state index contributed by atoms with van der Waals surface area (Å²) in [6.07, 6.45) is 2.62. The maximum Gasteiger partial charge on any atom is 0.303 e. The molecule has 14 nitrogen and oxygen atoms in total. The molecular formula is C39H49BrO14. The van der Waals surface area contributed by atoms with E-state index in [9.17, 15) is 33.9 Å². The number of carboxylic acids is 2. The van der Waals surface area contributed by atoms with Crippen LogP contribution in [0.1, 0.15) is 97.3 Å². The van der Waals surface area contributed by atoms with Crippen LogP contribution in [0.15, 0.2) is 54.6 Å². The highest BCUT2D eigenvalue weighted by Gasteiger charge is 2.10. The molecular weight excluding hydrogens is 772 g/mol. The lowest BCUT2D eigenvalue weighted by molar-refractivity contribution is -0.138. The molecule has 3 rings (SSSR count). The third-order valence-electron chi connectivity index (χ3n) is 6.74. The Morgan fingerprint density at radius 1 is 0.574 bits per heavy atom. The predicted octanol–water partition coefficient (Wildman–Crippen LogP) is 7.33. The average Bonchev–Trinajstić information content (AvgIpc) is 3.11. The quantitative estimate of drug-likeness (QED) is 0.0561. The van der Waals surface area contributed by atoms with Crippen LogP contribution in [0.3, 0.4) is 0 Å². The number of phenols is 2. The van der Waals surface area contributed by atoms with Gasteiger partial charge in [-0.3, -0.25) is 24.0 Å². The summed E-state index contributed by atoms with van der Waals surface area (Å²) in [5, 5.41) is 36.4. The number of hydrogen-bond acceptors (Lipinski definition) is 12. The Morgan fingerprint density at radius 2 is 1.00 bits per heavy atom. The minimum absolute atomic E-state index is 0.0392. The SMILES string of the molecule is CC(=O)CCCBr.CC(=O)c1ccc(OCCCC(=O)O)cc1O.COc1cc(O)ccc1C(C)=O.COc1cc(OCCCC(=O)O)ccc1C(C)=O. The molecule has 0 saturated heterocycles. The molecule has 0 aliphatic rings. The first kappa shape index (κ1) is 48.6. The molecule has 0 amide bonds. The lowest BCUT2D eigenvalue weighted by Gasteiger charge is -2.09. The first-order chi connectivity index (χ1) is 25.5. The van der Waals surface area contributed by atoms with Gasteiger partial charge in [0.25, 0.3) is 0 Å². The van der Waals surface area contributed by atoms with Gasteiger partial charge < -0.3 is 44.2 Å². The largest absolute Gasteiger partial charge is 0.508 e. The number of aliphatic carboxylic acids is 2. The molecule has 15 heteroatoms. The van der Waals surface area contributed by atoms with Crippen molar-refractivity contribution in [3.05, 3.63) is 71.3 Å². The van der Waals surface area contributed by atoms with Gasteiger partial charge in [0, 0.05) is 42.8 Å². The zero-order chi connectivity index (χ0) is 41.2. The highest BCUT2D eigenvalue weighted by molar-refractivity contribution is 9.09. The van der Waals surface area contributed by atoms with E-state index in [-0.39, 0.29) is 59.6 Å². The first-order valence-electron chi connectivity index (χ1n) is 16.6. The van der Waals surface area contributed by atoms with Gasteiger partial charge in [0.1, 0.15) is 40.3 Å². The molecule has 0 radical (unpaired) electrons. The highest BCUT2D eigenvalue weighted by atomic mass is 79.9. The number of alkyl halides is 1. The number of halogens is 1. The summed E-state index contributed by atoms with van der Waals surface area (Å²) < 4.78 is 20.6. The van der Waals surface area contributed by atoms with Crippen LogP contribution in [-0.2, 0) is 14.4 Å². The smallest absolute Gasteiger partial charge is 0.303 e. The molecule has 4 N–H and O–H groups in total. The maximum absolute atomic E-state index is 11.3. The van der Waals surface area contributed by atoms with Crippen molar-refractivity contribution in [2.24, 2.45) is 0 Å². The zero-order valence-electron chi connectivity index (χ0n) is 31.3. The fourth-order valence-corrected chi connectivity index (χ4v) is 4.34. The minimum Gasteiger partial charge on any atom is -0.508 e. The van der Waals surface area contributed by atoms with Crippen LogP contribution in [0.5, 0.6) is 34.5 Å². The second kappa shape index (κ2) is 27.2. The Labute approximate surface area is 323 Å². The van der Waals surface area contributed by atoms with E-state index in [1.807, 2.05) is 0 Å². The van der Waals surface area contributed by atoms with Crippen LogP contribution in [0.2, 0.25) is 0 Å². The molecule has 0 aliphatic carbocycles. The van der Waals surface area contributed by atoms with Gasteiger partial charge in [-0.15, -0.1) is 0 Å². The zero-order valence-corrected chi connectivity index (χ0v) is 32.9. The molecule has 0 aromatic heterocycles. The molecule has 296 valence electrons. The summed E-state index contributed by atoms with van der Waals surface area (Å²) in [7, 11) is 2.94. The van der Waals surface area contributed by atoms with E-state index in [2.05, 4.69) is 15.9 Å². The third kappa shape index (κ3) is 21.2. The number of aromatic hydroxyl groups is 2. The topological polar surface area (TPSA) is 220 Å². The summed E-state index contributed by atoms with van der Waals surface area (Å²) >= 11 is 3.23. The van der Waals surface area contributed by atoms with E-state index < -0.39 is 11.9 Å². The van der Waals surface area contributed by atoms with Crippen molar-refractivity contribution >= 4 is 51.0 Å². The first-order valence-corrected chi connectivity index (χ1v) is 17.7. The van der Waals surface area contributed by atoms with Crippen LogP contribution in [0, 0.1) is 0 Å². The summed E-state index contributed by atoms with van der Waals surface area (Å²) in [4.78, 5) is 64.1. The van der Waals surface area contributed by atoms with Gasteiger partial charge in [-0.05, 0) is 83.4 Å². The number of rotatable bonds is 18. The Morgan fingerprint density at radius 3 is 1.37 bits per heavy atom. The number of Topliss-reactive ketones (excluding diaryl/α,β-unsaturated/α-hetero) is 4. The van der Waals surface area contributed by atoms with E-state index in [1.165, 1.54) is 65.3 Å². The molecule has 0 unspecified atom stereocenters. The Balaban J connectivity index is 0.000000728. The summed E-state index contributed by atoms with van der Waals surface area (Å²) in [6.45, 7) is 6.46. The standard InChI is InChI=1S/C13H16O5.C12H14O5.C9H10O3.C5H9BrO/c1-9(14)11-6-5-10(8-12(11)17-2)18-7-3-4-13(15)16;1-8(13)10-5-4-9(7-11(10)14)17-6-2-3-12(15)16;1-6(10)8-4-3-7(11)5-9(8)12-2;1-5(7)3-2-4-6/h5-6,8H,3-4,7H2,1-2H3,(H,15,16);4-5,7,14H,2-3,6H2,1H3,(H,15,16);3-5,11H,1-2H3;2-4H2,1H3. The lowest BCUT2D eigenvalue weighted by atomic mass is 10.1. The monoisotopic (exact) mass is 820 g/mol. The van der Waals surface area contributed by atoms with E-state index >= 15 is 0 Å². The molecule has 0 saturated carbocycles. The van der Waals surface area contributed by atoms with E-state index in [0.717, 1.165) is 11.8 Å². The molecule has 3 aromatic carbocycles. The van der Waals surface area contributed by atoms with Crippen molar-refractivity contribution in [1.82, 2.24) is 0 Å². The molecule has 0 spiro atoms. The van der Waals surface area contributed by atoms with Gasteiger partial charge in [-0.2, -0.15) is 0 Å². The number of carbonyl (C=O) groups excluding carboxylic acids is 4. The molecule has 0 fully saturated rings. The van der Waals surface area contributed by atoms with E-state index in [4.69, 9.17) is 34.3 Å². The van der Waals surface area contributed by atoms with Gasteiger partial charge in [-0.25, -0.2) is 0 Å². The number of phenolic OH excluding ortho intramolecular Hbond substituents is 2. The predicted molar refractivity (Wildman–Crippen MR) is 204 cm³/mol. The van der Waals surface area contributed by atoms with Crippen LogP contribution < -0.4 is 18.9 Å². The average molecular weight is 822 g/mol. The molecule has 0 aliphatic heterocycles. The number of benzene rings is 3. The number of ketones is 4. The fourth-order valence-electron chi connectivity index (χ4n) is 4.06. The molecule has 0 atom stereocenters. The molecule has 0 bridgehead atoms. The summed E-state index contributed by atoms with van der Waals surface area (Å²) in [5.74, 6) is -0.0204. The van der Waals surface area contributed by atoms with Crippen molar-refractivity contribution in [2.75, 3.05) is 32.8 Å². The van der Waals surface area contributed by atoms with Crippen LogP contribution >= 0.6 is 15.9 Å². The molecule has 3 aromatic rings. The Kier molecular flexibility index (Phi) is 24.5. The van der Waals surface area contributed by atoms with Crippen LogP contribution in [0.25, 0.3) is 0 Å². The van der Waals surface area contributed by atoms with E-state index in [0.29, 0.717) is 60.0 Å². The van der Waals surface area contributed by atoms with Crippen molar-refractivity contribution in [1.29, 1.82) is 0 Å². The van der Waals surface area contributed by atoms with Gasteiger partial charge in [0.15, 0.2) is 17.3 Å². The normalized spacial score (nSPS) is 9.69. The molecule has 54 heavy (non-hydrogen) atoms. The van der Waals surface area contributed by atoms with Crippen LogP contribution in [0.4, 0.5) is 0 Å². The summed E-state index contributed by atoms with van der Waals surface area (Å²) in [6, 6.07) is 13.7. The van der Waals surface area contributed by atoms with Crippen molar-refractivity contribution in [3.63, 3.8) is 0 Å². The highest BCUT2D eigenvalue weighted by Crippen LogP contribution is 2.26. The van der Waals surface area contributed by atoms with E-state index in [1.54, 1.807) is 31.2 Å². The fraction of sp³-hybridized carbons (Fsp3) is 0.385. The minimum atomic E-state index is -0.872. The number of hydrogen-bond donors (Lipinski definition) is 4. The summed E-state index contributed by atoms with van der Waals surface area (Å²) in [5.41, 5.74) is 1.22.